The van der Waals surface area contributed by atoms with E-state index in [0.717, 1.165) is 63.0 Å². The van der Waals surface area contributed by atoms with Crippen LogP contribution in [0.25, 0.3) is 21.9 Å². The van der Waals surface area contributed by atoms with Crippen LogP contribution < -0.4 is 5.32 Å². The first-order chi connectivity index (χ1) is 15.3. The van der Waals surface area contributed by atoms with E-state index in [2.05, 4.69) is 75.2 Å². The molecule has 0 aliphatic carbocycles. The van der Waals surface area contributed by atoms with Gasteiger partial charge in [0.2, 0.25) is 0 Å². The lowest BCUT2D eigenvalue weighted by molar-refractivity contribution is 0.180. The predicted molar refractivity (Wildman–Crippen MR) is 127 cm³/mol. The number of piperidine rings is 1. The van der Waals surface area contributed by atoms with Crippen LogP contribution >= 0.6 is 0 Å². The first-order valence-corrected chi connectivity index (χ1v) is 11.5. The van der Waals surface area contributed by atoms with E-state index >= 15 is 0 Å². The topological polar surface area (TPSA) is 46.0 Å². The minimum absolute atomic E-state index is 0.523. The minimum Gasteiger partial charge on any atom is -0.325 e. The normalized spacial score (nSPS) is 15.8. The second kappa shape index (κ2) is 9.16. The van der Waals surface area contributed by atoms with Crippen molar-refractivity contribution in [1.82, 2.24) is 24.8 Å². The highest BCUT2D eigenvalue weighted by Crippen LogP contribution is 2.29. The summed E-state index contributed by atoms with van der Waals surface area (Å²) in [5.74, 6) is 1.22. The van der Waals surface area contributed by atoms with E-state index < -0.39 is 0 Å². The summed E-state index contributed by atoms with van der Waals surface area (Å²) in [4.78, 5) is 12.2. The van der Waals surface area contributed by atoms with Crippen molar-refractivity contribution < 1.29 is 0 Å². The third-order valence-corrected chi connectivity index (χ3v) is 6.42. The highest BCUT2D eigenvalue weighted by atomic mass is 15.2. The van der Waals surface area contributed by atoms with Crippen LogP contribution in [-0.2, 0) is 13.0 Å². The van der Waals surface area contributed by atoms with Crippen LogP contribution in [0.1, 0.15) is 37.2 Å². The molecule has 1 aliphatic rings. The SMILES string of the molecule is CCNCCc1nc2ccccc2n1C1CCN(Cc2cnc3ccccc3c2)CC1. The molecule has 160 valence electrons. The smallest absolute Gasteiger partial charge is 0.111 e. The Bertz CT molecular complexity index is 1160. The highest BCUT2D eigenvalue weighted by molar-refractivity contribution is 5.78. The summed E-state index contributed by atoms with van der Waals surface area (Å²) in [6.07, 6.45) is 5.34. The molecule has 1 fully saturated rings. The maximum atomic E-state index is 4.98. The fourth-order valence-electron chi connectivity index (χ4n) is 4.85. The van der Waals surface area contributed by atoms with Gasteiger partial charge >= 0.3 is 0 Å². The van der Waals surface area contributed by atoms with Gasteiger partial charge in [0.25, 0.3) is 0 Å². The van der Waals surface area contributed by atoms with E-state index in [9.17, 15) is 0 Å². The van der Waals surface area contributed by atoms with Crippen LogP contribution in [0.4, 0.5) is 0 Å². The van der Waals surface area contributed by atoms with Crippen LogP contribution in [-0.4, -0.2) is 45.6 Å². The molecule has 4 aromatic rings. The Morgan fingerprint density at radius 2 is 1.77 bits per heavy atom. The van der Waals surface area contributed by atoms with Gasteiger partial charge in [0.05, 0.1) is 16.6 Å². The molecule has 1 aliphatic heterocycles. The molecule has 1 saturated heterocycles. The van der Waals surface area contributed by atoms with Gasteiger partial charge < -0.3 is 9.88 Å². The van der Waals surface area contributed by atoms with Crippen LogP contribution in [0.3, 0.4) is 0 Å². The Hall–Kier alpha value is -2.76. The fourth-order valence-corrected chi connectivity index (χ4v) is 4.85. The van der Waals surface area contributed by atoms with E-state index in [-0.39, 0.29) is 0 Å². The minimum atomic E-state index is 0.523. The molecule has 0 radical (unpaired) electrons. The fraction of sp³-hybridized carbons (Fsp3) is 0.385. The van der Waals surface area contributed by atoms with Gasteiger partial charge in [0.1, 0.15) is 5.82 Å². The third-order valence-electron chi connectivity index (χ3n) is 6.42. The largest absolute Gasteiger partial charge is 0.325 e. The van der Waals surface area contributed by atoms with Gasteiger partial charge in [0.15, 0.2) is 0 Å². The zero-order valence-corrected chi connectivity index (χ0v) is 18.3. The van der Waals surface area contributed by atoms with Crippen molar-refractivity contribution in [1.29, 1.82) is 0 Å². The van der Waals surface area contributed by atoms with Crippen molar-refractivity contribution >= 4 is 21.9 Å². The van der Waals surface area contributed by atoms with Gasteiger partial charge in [-0.05, 0) is 49.2 Å². The number of likely N-dealkylation sites (tertiary alicyclic amines) is 1. The van der Waals surface area contributed by atoms with Crippen molar-refractivity contribution in [3.8, 4) is 0 Å². The molecule has 3 heterocycles. The number of benzene rings is 2. The van der Waals surface area contributed by atoms with Crippen molar-refractivity contribution in [2.24, 2.45) is 0 Å². The molecule has 0 spiro atoms. The molecule has 5 nitrogen and oxygen atoms in total. The number of para-hydroxylation sites is 3. The van der Waals surface area contributed by atoms with Crippen LogP contribution in [0, 0.1) is 0 Å². The molecular formula is C26H31N5. The number of nitrogens with zero attached hydrogens (tertiary/aromatic N) is 4. The van der Waals surface area contributed by atoms with E-state index in [4.69, 9.17) is 4.98 Å². The molecule has 0 bridgehead atoms. The summed E-state index contributed by atoms with van der Waals surface area (Å²) in [6.45, 7) is 7.33. The van der Waals surface area contributed by atoms with Gasteiger partial charge in [0, 0.05) is 50.2 Å². The number of imidazole rings is 1. The first-order valence-electron chi connectivity index (χ1n) is 11.5. The average molecular weight is 414 g/mol. The molecule has 2 aromatic heterocycles. The van der Waals surface area contributed by atoms with Crippen molar-refractivity contribution in [3.05, 3.63) is 72.2 Å². The zero-order chi connectivity index (χ0) is 21.0. The summed E-state index contributed by atoms with van der Waals surface area (Å²) >= 11 is 0. The summed E-state index contributed by atoms with van der Waals surface area (Å²) in [6, 6.07) is 19.8. The summed E-state index contributed by atoms with van der Waals surface area (Å²) in [7, 11) is 0. The second-order valence-electron chi connectivity index (χ2n) is 8.53. The lowest BCUT2D eigenvalue weighted by Gasteiger charge is -2.33. The van der Waals surface area contributed by atoms with Crippen LogP contribution in [0.2, 0.25) is 0 Å². The monoisotopic (exact) mass is 413 g/mol. The third kappa shape index (κ3) is 4.34. The summed E-state index contributed by atoms with van der Waals surface area (Å²) in [5.41, 5.74) is 4.78. The van der Waals surface area contributed by atoms with Gasteiger partial charge in [-0.25, -0.2) is 4.98 Å². The highest BCUT2D eigenvalue weighted by Gasteiger charge is 2.24. The lowest BCUT2D eigenvalue weighted by atomic mass is 10.0. The van der Waals surface area contributed by atoms with Crippen LogP contribution in [0.15, 0.2) is 60.8 Å². The Morgan fingerprint density at radius 1 is 1.00 bits per heavy atom. The van der Waals surface area contributed by atoms with Gasteiger partial charge in [-0.1, -0.05) is 37.3 Å². The molecule has 0 saturated carbocycles. The maximum absolute atomic E-state index is 4.98. The summed E-state index contributed by atoms with van der Waals surface area (Å²) in [5, 5.41) is 4.68. The number of hydrogen-bond donors (Lipinski definition) is 1. The van der Waals surface area contributed by atoms with E-state index in [0.29, 0.717) is 6.04 Å². The standard InChI is InChI=1S/C26H31N5/c1-2-27-14-11-26-29-24-9-5-6-10-25(24)31(26)22-12-15-30(16-13-22)19-20-17-21-7-3-4-8-23(21)28-18-20/h3-10,17-18,22,27H,2,11-16,19H2,1H3. The lowest BCUT2D eigenvalue weighted by Crippen LogP contribution is -2.34. The molecule has 5 rings (SSSR count). The van der Waals surface area contributed by atoms with Gasteiger partial charge in [-0.2, -0.15) is 0 Å². The van der Waals surface area contributed by atoms with Crippen molar-refractivity contribution in [3.63, 3.8) is 0 Å². The van der Waals surface area contributed by atoms with E-state index in [1.165, 1.54) is 22.3 Å². The van der Waals surface area contributed by atoms with Gasteiger partial charge in [-0.15, -0.1) is 0 Å². The molecule has 0 atom stereocenters. The number of hydrogen-bond acceptors (Lipinski definition) is 4. The second-order valence-corrected chi connectivity index (χ2v) is 8.53. The van der Waals surface area contributed by atoms with Crippen LogP contribution in [0.5, 0.6) is 0 Å². The first kappa shape index (κ1) is 20.2. The molecule has 0 unspecified atom stereocenters. The Kier molecular flexibility index (Phi) is 5.96. The molecule has 1 N–H and O–H groups in total. The summed E-state index contributed by atoms with van der Waals surface area (Å²) < 4.78 is 2.53. The number of nitrogens with one attached hydrogen (secondary N) is 1. The predicted octanol–water partition coefficient (Wildman–Crippen LogP) is 4.57. The number of pyridine rings is 1. The quantitative estimate of drug-likeness (QED) is 0.451. The van der Waals surface area contributed by atoms with E-state index in [1.807, 2.05) is 12.3 Å². The number of likely N-dealkylation sites (N-methyl/N-ethyl adjacent to an activating group) is 1. The number of fused-ring (bicyclic) bond motifs is 2. The maximum Gasteiger partial charge on any atom is 0.111 e. The molecule has 2 aromatic carbocycles. The molecular weight excluding hydrogens is 382 g/mol. The zero-order valence-electron chi connectivity index (χ0n) is 18.3. The average Bonchev–Trinajstić information content (AvgIpc) is 3.18. The number of aromatic nitrogens is 3. The Labute approximate surface area is 184 Å². The van der Waals surface area contributed by atoms with E-state index in [1.54, 1.807) is 0 Å². The van der Waals surface area contributed by atoms with Crippen molar-refractivity contribution in [2.45, 2.75) is 38.8 Å². The Morgan fingerprint density at radius 3 is 2.61 bits per heavy atom. The van der Waals surface area contributed by atoms with Gasteiger partial charge in [-0.3, -0.25) is 9.88 Å². The number of rotatable bonds is 7. The Balaban J connectivity index is 1.29. The molecule has 5 heteroatoms. The molecule has 0 amide bonds. The van der Waals surface area contributed by atoms with Crippen molar-refractivity contribution in [2.75, 3.05) is 26.2 Å². The molecule has 31 heavy (non-hydrogen) atoms.